The number of nitrogens with zero attached hydrogens (tertiary/aromatic N) is 1. The third kappa shape index (κ3) is 6.80. The van der Waals surface area contributed by atoms with Gasteiger partial charge in [0.25, 0.3) is 0 Å². The molecule has 0 fully saturated rings. The van der Waals surface area contributed by atoms with Crippen molar-refractivity contribution >= 4 is 38.9 Å². The molecule has 0 bridgehead atoms. The van der Waals surface area contributed by atoms with Crippen molar-refractivity contribution < 1.29 is 35.9 Å². The van der Waals surface area contributed by atoms with Crippen molar-refractivity contribution in [2.24, 2.45) is 0 Å². The number of alkyl halides is 3. The molecule has 1 N–H and O–H groups in total. The minimum Gasteiger partial charge on any atom is -0.493 e. The normalized spacial score (nSPS) is 11.6. The number of ether oxygens (including phenoxy) is 2. The van der Waals surface area contributed by atoms with Crippen molar-refractivity contribution in [2.75, 3.05) is 29.5 Å². The molecule has 3 aromatic carbocycles. The molecule has 0 aliphatic heterocycles. The summed E-state index contributed by atoms with van der Waals surface area (Å²) >= 11 is 6.05. The van der Waals surface area contributed by atoms with E-state index >= 15 is 0 Å². The van der Waals surface area contributed by atoms with Crippen LogP contribution in [0.5, 0.6) is 17.2 Å². The molecule has 35 heavy (non-hydrogen) atoms. The average molecular weight is 529 g/mol. The highest BCUT2D eigenvalue weighted by molar-refractivity contribution is 7.92. The van der Waals surface area contributed by atoms with Gasteiger partial charge in [0.15, 0.2) is 17.2 Å². The van der Waals surface area contributed by atoms with E-state index in [1.165, 1.54) is 31.4 Å². The summed E-state index contributed by atoms with van der Waals surface area (Å²) in [6.07, 6.45) is -3.90. The smallest absolute Gasteiger partial charge is 0.416 e. The summed E-state index contributed by atoms with van der Waals surface area (Å²) in [5.74, 6) is 0.110. The molecule has 0 heterocycles. The van der Waals surface area contributed by atoms with E-state index in [0.29, 0.717) is 21.9 Å². The Bertz CT molecular complexity index is 1330. The zero-order valence-electron chi connectivity index (χ0n) is 18.5. The second-order valence-electron chi connectivity index (χ2n) is 7.26. The minimum absolute atomic E-state index is 0.117. The molecule has 7 nitrogen and oxygen atoms in total. The Morgan fingerprint density at radius 3 is 2.31 bits per heavy atom. The van der Waals surface area contributed by atoms with Crippen LogP contribution in [0.25, 0.3) is 0 Å². The van der Waals surface area contributed by atoms with Crippen molar-refractivity contribution in [1.82, 2.24) is 0 Å². The number of carbonyl (C=O) groups is 1. The summed E-state index contributed by atoms with van der Waals surface area (Å²) in [6.45, 7) is -0.791. The van der Waals surface area contributed by atoms with Gasteiger partial charge in [-0.2, -0.15) is 13.2 Å². The molecule has 3 rings (SSSR count). The molecule has 0 spiro atoms. The average Bonchev–Trinajstić information content (AvgIpc) is 2.78. The van der Waals surface area contributed by atoms with Crippen LogP contribution in [0.1, 0.15) is 5.56 Å². The van der Waals surface area contributed by atoms with Crippen molar-refractivity contribution in [3.05, 3.63) is 77.3 Å². The molecule has 0 aliphatic carbocycles. The number of rotatable bonds is 8. The third-order valence-electron chi connectivity index (χ3n) is 4.65. The maximum Gasteiger partial charge on any atom is 0.416 e. The summed E-state index contributed by atoms with van der Waals surface area (Å²) in [4.78, 5) is 12.8. The van der Waals surface area contributed by atoms with Crippen LogP contribution in [0.3, 0.4) is 0 Å². The van der Waals surface area contributed by atoms with Crippen molar-refractivity contribution in [3.63, 3.8) is 0 Å². The first-order valence-corrected chi connectivity index (χ1v) is 12.2. The Balaban J connectivity index is 1.88. The van der Waals surface area contributed by atoms with E-state index in [4.69, 9.17) is 21.1 Å². The Morgan fingerprint density at radius 2 is 1.69 bits per heavy atom. The molecule has 12 heteroatoms. The van der Waals surface area contributed by atoms with Crippen molar-refractivity contribution in [1.29, 1.82) is 0 Å². The Morgan fingerprint density at radius 1 is 1.00 bits per heavy atom. The molecule has 0 unspecified atom stereocenters. The molecule has 0 saturated heterocycles. The quantitative estimate of drug-likeness (QED) is 0.413. The number of anilines is 2. The summed E-state index contributed by atoms with van der Waals surface area (Å²) < 4.78 is 75.6. The molecule has 0 radical (unpaired) electrons. The molecular weight excluding hydrogens is 509 g/mol. The fourth-order valence-corrected chi connectivity index (χ4v) is 4.09. The van der Waals surface area contributed by atoms with Crippen LogP contribution in [0, 0.1) is 0 Å². The highest BCUT2D eigenvalue weighted by Crippen LogP contribution is 2.36. The van der Waals surface area contributed by atoms with E-state index in [0.717, 1.165) is 18.4 Å². The fourth-order valence-electron chi connectivity index (χ4n) is 3.07. The van der Waals surface area contributed by atoms with Gasteiger partial charge >= 0.3 is 6.18 Å². The van der Waals surface area contributed by atoms with Crippen molar-refractivity contribution in [3.8, 4) is 17.2 Å². The van der Waals surface area contributed by atoms with E-state index in [1.54, 1.807) is 24.3 Å². The summed E-state index contributed by atoms with van der Waals surface area (Å²) in [7, 11) is -2.65. The maximum atomic E-state index is 13.1. The van der Waals surface area contributed by atoms with E-state index in [1.807, 2.05) is 0 Å². The predicted molar refractivity (Wildman–Crippen MR) is 127 cm³/mol. The van der Waals surface area contributed by atoms with Crippen LogP contribution < -0.4 is 19.1 Å². The third-order valence-corrected chi connectivity index (χ3v) is 6.03. The Labute approximate surface area is 205 Å². The first-order valence-electron chi connectivity index (χ1n) is 9.93. The number of carbonyl (C=O) groups excluding carboxylic acids is 1. The van der Waals surface area contributed by atoms with Gasteiger partial charge in [0.1, 0.15) is 6.54 Å². The summed E-state index contributed by atoms with van der Waals surface area (Å²) in [5.41, 5.74) is -1.24. The molecular formula is C23H20ClF3N2O5S. The van der Waals surface area contributed by atoms with Gasteiger partial charge in [0.05, 0.1) is 30.3 Å². The summed E-state index contributed by atoms with van der Waals surface area (Å²) in [5, 5.41) is 2.76. The number of hydrogen-bond donors (Lipinski definition) is 1. The van der Waals surface area contributed by atoms with Gasteiger partial charge in [0, 0.05) is 5.02 Å². The number of methoxy groups -OCH3 is 1. The Hall–Kier alpha value is -3.44. The lowest BCUT2D eigenvalue weighted by molar-refractivity contribution is -0.137. The number of benzene rings is 3. The SMILES string of the molecule is COc1ccccc1Oc1ccc(Cl)cc1NC(=O)CN(c1cccc(C(F)(F)F)c1)S(C)(=O)=O. The maximum absolute atomic E-state index is 13.1. The number of para-hydroxylation sites is 2. The zero-order chi connectivity index (χ0) is 25.8. The van der Waals surface area contributed by atoms with Crippen LogP contribution in [0.2, 0.25) is 5.02 Å². The molecule has 1 amide bonds. The molecule has 186 valence electrons. The first kappa shape index (κ1) is 26.2. The van der Waals surface area contributed by atoms with Gasteiger partial charge in [-0.1, -0.05) is 29.8 Å². The monoisotopic (exact) mass is 528 g/mol. The fraction of sp³-hybridized carbons (Fsp3) is 0.174. The van der Waals surface area contributed by atoms with Gasteiger partial charge in [0.2, 0.25) is 15.9 Å². The number of sulfonamides is 1. The molecule has 0 aromatic heterocycles. The van der Waals surface area contributed by atoms with Crippen LogP contribution in [0.4, 0.5) is 24.5 Å². The second-order valence-corrected chi connectivity index (χ2v) is 9.60. The van der Waals surface area contributed by atoms with Gasteiger partial charge in [-0.05, 0) is 48.5 Å². The van der Waals surface area contributed by atoms with Crippen molar-refractivity contribution in [2.45, 2.75) is 6.18 Å². The number of hydrogen-bond acceptors (Lipinski definition) is 5. The van der Waals surface area contributed by atoms with Gasteiger partial charge < -0.3 is 14.8 Å². The zero-order valence-corrected chi connectivity index (χ0v) is 20.0. The lowest BCUT2D eigenvalue weighted by atomic mass is 10.2. The van der Waals surface area contributed by atoms with E-state index in [2.05, 4.69) is 5.32 Å². The topological polar surface area (TPSA) is 84.9 Å². The van der Waals surface area contributed by atoms with Gasteiger partial charge in [-0.15, -0.1) is 0 Å². The summed E-state index contributed by atoms with van der Waals surface area (Å²) in [6, 6.07) is 14.8. The van der Waals surface area contributed by atoms with Crippen LogP contribution in [-0.4, -0.2) is 34.2 Å². The van der Waals surface area contributed by atoms with E-state index < -0.39 is 34.2 Å². The number of nitrogens with one attached hydrogen (secondary N) is 1. The van der Waals surface area contributed by atoms with Crippen LogP contribution in [-0.2, 0) is 21.0 Å². The second kappa shape index (κ2) is 10.4. The van der Waals surface area contributed by atoms with Gasteiger partial charge in [-0.3, -0.25) is 9.10 Å². The molecule has 0 saturated carbocycles. The van der Waals surface area contributed by atoms with E-state index in [9.17, 15) is 26.4 Å². The minimum atomic E-state index is -4.69. The van der Waals surface area contributed by atoms with Gasteiger partial charge in [-0.25, -0.2) is 8.42 Å². The highest BCUT2D eigenvalue weighted by Gasteiger charge is 2.32. The first-order chi connectivity index (χ1) is 16.4. The predicted octanol–water partition coefficient (Wildman–Crippen LogP) is 5.56. The van der Waals surface area contributed by atoms with Crippen LogP contribution in [0.15, 0.2) is 66.7 Å². The van der Waals surface area contributed by atoms with Crippen LogP contribution >= 0.6 is 11.6 Å². The number of halogens is 4. The molecule has 0 atom stereocenters. The van der Waals surface area contributed by atoms with E-state index in [-0.39, 0.29) is 22.1 Å². The largest absolute Gasteiger partial charge is 0.493 e. The molecule has 0 aliphatic rings. The lowest BCUT2D eigenvalue weighted by Gasteiger charge is -2.23. The number of amides is 1. The highest BCUT2D eigenvalue weighted by atomic mass is 35.5. The Kier molecular flexibility index (Phi) is 7.81. The standard InChI is InChI=1S/C23H20ClF3N2O5S/c1-33-20-8-3-4-9-21(20)34-19-11-10-16(24)13-18(19)28-22(30)14-29(35(2,31)32)17-7-5-6-15(12-17)23(25,26)27/h3-13H,14H2,1-2H3,(H,28,30). The molecule has 3 aromatic rings. The lowest BCUT2D eigenvalue weighted by Crippen LogP contribution is -2.37.